The van der Waals surface area contributed by atoms with Crippen LogP contribution in [0.5, 0.6) is 5.75 Å². The second-order valence-electron chi connectivity index (χ2n) is 7.96. The smallest absolute Gasteiger partial charge is 0.295 e. The number of likely N-dealkylation sites (tertiary alicyclic amines) is 1. The molecule has 2 saturated heterocycles. The molecule has 2 aliphatic rings. The molecule has 0 saturated carbocycles. The van der Waals surface area contributed by atoms with Crippen molar-refractivity contribution >= 4 is 29.1 Å². The average Bonchev–Trinajstić information content (AvgIpc) is 3.09. The van der Waals surface area contributed by atoms with Crippen molar-refractivity contribution in [3.05, 3.63) is 70.3 Å². The number of morpholine rings is 1. The van der Waals surface area contributed by atoms with Crippen LogP contribution in [0.2, 0.25) is 5.02 Å². The van der Waals surface area contributed by atoms with Crippen molar-refractivity contribution in [2.75, 3.05) is 46.0 Å². The first-order valence-electron chi connectivity index (χ1n) is 11.1. The number of hydrogen-bond acceptors (Lipinski definition) is 6. The highest BCUT2D eigenvalue weighted by molar-refractivity contribution is 6.46. The molecule has 0 aliphatic carbocycles. The SMILES string of the molecule is CCOc1ccc([C@@H]2C(=C(O)c3ccc(Cl)cc3)C(=O)C(=O)N2CCN2CCOCC2)cc1. The molecule has 1 amide bonds. The van der Waals surface area contributed by atoms with E-state index in [4.69, 9.17) is 21.1 Å². The number of halogens is 1. The fourth-order valence-electron chi connectivity index (χ4n) is 4.21. The van der Waals surface area contributed by atoms with E-state index in [0.717, 1.165) is 18.7 Å². The number of rotatable bonds is 7. The van der Waals surface area contributed by atoms with Gasteiger partial charge in [-0.25, -0.2) is 0 Å². The molecule has 2 fully saturated rings. The normalized spacial score (nSPS) is 20.9. The summed E-state index contributed by atoms with van der Waals surface area (Å²) >= 11 is 5.98. The van der Waals surface area contributed by atoms with Gasteiger partial charge in [0.1, 0.15) is 11.5 Å². The lowest BCUT2D eigenvalue weighted by atomic mass is 9.95. The number of ketones is 1. The lowest BCUT2D eigenvalue weighted by Crippen LogP contribution is -2.42. The first-order valence-corrected chi connectivity index (χ1v) is 11.4. The Hall–Kier alpha value is -2.87. The van der Waals surface area contributed by atoms with E-state index in [9.17, 15) is 14.7 Å². The summed E-state index contributed by atoms with van der Waals surface area (Å²) in [5.41, 5.74) is 1.24. The van der Waals surface area contributed by atoms with E-state index >= 15 is 0 Å². The minimum Gasteiger partial charge on any atom is -0.507 e. The van der Waals surface area contributed by atoms with Crippen LogP contribution < -0.4 is 4.74 Å². The van der Waals surface area contributed by atoms with E-state index in [2.05, 4.69) is 4.90 Å². The number of aliphatic hydroxyl groups excluding tert-OH is 1. The minimum atomic E-state index is -0.697. The van der Waals surface area contributed by atoms with Crippen molar-refractivity contribution < 1.29 is 24.2 Å². The lowest BCUT2D eigenvalue weighted by Gasteiger charge is -2.31. The van der Waals surface area contributed by atoms with Gasteiger partial charge in [0.2, 0.25) is 0 Å². The molecular weight excluding hydrogens is 444 g/mol. The molecule has 7 nitrogen and oxygen atoms in total. The van der Waals surface area contributed by atoms with E-state index in [-0.39, 0.29) is 11.3 Å². The molecule has 8 heteroatoms. The van der Waals surface area contributed by atoms with Gasteiger partial charge in [0, 0.05) is 36.8 Å². The molecule has 33 heavy (non-hydrogen) atoms. The standard InChI is InChI=1S/C25H27ClN2O5/c1-2-33-20-9-5-17(6-10-20)22-21(23(29)18-3-7-19(26)8-4-18)24(30)25(31)28(22)12-11-27-13-15-32-16-14-27/h3-10,22,29H,2,11-16H2,1H3/t22-/m1/s1. The molecule has 2 aromatic carbocycles. The first-order chi connectivity index (χ1) is 16.0. The highest BCUT2D eigenvalue weighted by Gasteiger charge is 2.46. The van der Waals surface area contributed by atoms with Gasteiger partial charge in [-0.15, -0.1) is 0 Å². The molecule has 2 heterocycles. The Morgan fingerprint density at radius 1 is 1.06 bits per heavy atom. The minimum absolute atomic E-state index is 0.0773. The second kappa shape index (κ2) is 10.4. The Balaban J connectivity index is 1.71. The molecule has 0 aromatic heterocycles. The van der Waals surface area contributed by atoms with Crippen LogP contribution in [0.15, 0.2) is 54.1 Å². The summed E-state index contributed by atoms with van der Waals surface area (Å²) in [5.74, 6) is -0.817. The Morgan fingerprint density at radius 3 is 2.36 bits per heavy atom. The summed E-state index contributed by atoms with van der Waals surface area (Å²) in [4.78, 5) is 29.9. The lowest BCUT2D eigenvalue weighted by molar-refractivity contribution is -0.140. The van der Waals surface area contributed by atoms with Gasteiger partial charge in [0.25, 0.3) is 11.7 Å². The molecule has 0 unspecified atom stereocenters. The van der Waals surface area contributed by atoms with Crippen LogP contribution in [0.25, 0.3) is 5.76 Å². The summed E-state index contributed by atoms with van der Waals surface area (Å²) in [6, 6.07) is 13.1. The Bertz CT molecular complexity index is 1030. The van der Waals surface area contributed by atoms with Gasteiger partial charge >= 0.3 is 0 Å². The monoisotopic (exact) mass is 470 g/mol. The number of hydrogen-bond donors (Lipinski definition) is 1. The van der Waals surface area contributed by atoms with E-state index in [1.165, 1.54) is 0 Å². The Morgan fingerprint density at radius 2 is 1.73 bits per heavy atom. The quantitative estimate of drug-likeness (QED) is 0.379. The predicted molar refractivity (Wildman–Crippen MR) is 125 cm³/mol. The number of nitrogens with zero attached hydrogens (tertiary/aromatic N) is 2. The zero-order valence-electron chi connectivity index (χ0n) is 18.5. The fraction of sp³-hybridized carbons (Fsp3) is 0.360. The summed E-state index contributed by atoms with van der Waals surface area (Å²) < 4.78 is 10.9. The molecule has 1 N–H and O–H groups in total. The number of amides is 1. The maximum atomic E-state index is 13.1. The molecule has 174 valence electrons. The topological polar surface area (TPSA) is 79.3 Å². The van der Waals surface area contributed by atoms with Gasteiger partial charge in [0.15, 0.2) is 0 Å². The Labute approximate surface area is 198 Å². The first kappa shape index (κ1) is 23.3. The fourth-order valence-corrected chi connectivity index (χ4v) is 4.33. The number of aliphatic hydroxyl groups is 1. The Kier molecular flexibility index (Phi) is 7.33. The van der Waals surface area contributed by atoms with E-state index in [1.54, 1.807) is 29.2 Å². The van der Waals surface area contributed by atoms with Gasteiger partial charge in [-0.3, -0.25) is 14.5 Å². The maximum absolute atomic E-state index is 13.1. The third-order valence-corrected chi connectivity index (χ3v) is 6.18. The highest BCUT2D eigenvalue weighted by atomic mass is 35.5. The maximum Gasteiger partial charge on any atom is 0.295 e. The van der Waals surface area contributed by atoms with E-state index in [0.29, 0.717) is 49.2 Å². The van der Waals surface area contributed by atoms with Crippen LogP contribution in [0.4, 0.5) is 0 Å². The zero-order chi connectivity index (χ0) is 23.4. The largest absolute Gasteiger partial charge is 0.507 e. The van der Waals surface area contributed by atoms with Crippen LogP contribution in [-0.2, 0) is 14.3 Å². The molecular formula is C25H27ClN2O5. The van der Waals surface area contributed by atoms with Gasteiger partial charge < -0.3 is 19.5 Å². The summed E-state index contributed by atoms with van der Waals surface area (Å²) in [5, 5.41) is 11.6. The summed E-state index contributed by atoms with van der Waals surface area (Å²) in [7, 11) is 0. The zero-order valence-corrected chi connectivity index (χ0v) is 19.3. The number of carbonyl (C=O) groups excluding carboxylic acids is 2. The summed E-state index contributed by atoms with van der Waals surface area (Å²) in [6.45, 7) is 6.28. The third kappa shape index (κ3) is 5.05. The van der Waals surface area contributed by atoms with Crippen molar-refractivity contribution in [1.29, 1.82) is 0 Å². The molecule has 4 rings (SSSR count). The van der Waals surface area contributed by atoms with Crippen LogP contribution >= 0.6 is 11.6 Å². The van der Waals surface area contributed by atoms with Crippen LogP contribution in [0, 0.1) is 0 Å². The molecule has 2 aromatic rings. The molecule has 0 spiro atoms. The van der Waals surface area contributed by atoms with Crippen LogP contribution in [0.3, 0.4) is 0 Å². The third-order valence-electron chi connectivity index (χ3n) is 5.93. The summed E-state index contributed by atoms with van der Waals surface area (Å²) in [6.07, 6.45) is 0. The number of Topliss-reactive ketones (excluding diaryl/α,β-unsaturated/α-hetero) is 1. The van der Waals surface area contributed by atoms with Crippen molar-refractivity contribution in [3.8, 4) is 5.75 Å². The number of carbonyl (C=O) groups is 2. The second-order valence-corrected chi connectivity index (χ2v) is 8.39. The number of ether oxygens (including phenoxy) is 2. The van der Waals surface area contributed by atoms with Gasteiger partial charge in [-0.2, -0.15) is 0 Å². The van der Waals surface area contributed by atoms with Crippen LogP contribution in [0.1, 0.15) is 24.1 Å². The van der Waals surface area contributed by atoms with Crippen molar-refractivity contribution in [3.63, 3.8) is 0 Å². The van der Waals surface area contributed by atoms with Crippen LogP contribution in [-0.4, -0.2) is 72.6 Å². The van der Waals surface area contributed by atoms with Crippen molar-refractivity contribution in [2.24, 2.45) is 0 Å². The molecule has 0 radical (unpaired) electrons. The average molecular weight is 471 g/mol. The van der Waals surface area contributed by atoms with Gasteiger partial charge in [-0.1, -0.05) is 23.7 Å². The predicted octanol–water partition coefficient (Wildman–Crippen LogP) is 3.49. The van der Waals surface area contributed by atoms with E-state index in [1.807, 2.05) is 31.2 Å². The van der Waals surface area contributed by atoms with E-state index < -0.39 is 17.7 Å². The molecule has 0 bridgehead atoms. The van der Waals surface area contributed by atoms with Gasteiger partial charge in [0.05, 0.1) is 31.4 Å². The highest BCUT2D eigenvalue weighted by Crippen LogP contribution is 2.39. The molecule has 1 atom stereocenters. The van der Waals surface area contributed by atoms with Crippen molar-refractivity contribution in [1.82, 2.24) is 9.80 Å². The number of benzene rings is 2. The van der Waals surface area contributed by atoms with Crippen molar-refractivity contribution in [2.45, 2.75) is 13.0 Å². The molecule has 2 aliphatic heterocycles. The van der Waals surface area contributed by atoms with Gasteiger partial charge in [-0.05, 0) is 48.9 Å².